The van der Waals surface area contributed by atoms with Crippen LogP contribution < -0.4 is 15.2 Å². The second-order valence-corrected chi connectivity index (χ2v) is 10.8. The summed E-state index contributed by atoms with van der Waals surface area (Å²) in [5.74, 6) is -1.91. The predicted molar refractivity (Wildman–Crippen MR) is 133 cm³/mol. The number of ether oxygens (including phenoxy) is 1. The number of primary amides is 1. The Labute approximate surface area is 210 Å². The lowest BCUT2D eigenvalue weighted by molar-refractivity contribution is 0.0997. The van der Waals surface area contributed by atoms with Crippen LogP contribution in [0.4, 0.5) is 8.78 Å². The number of hydrogen-bond donors (Lipinski definition) is 2. The summed E-state index contributed by atoms with van der Waals surface area (Å²) in [6, 6.07) is 13.2. The first kappa shape index (κ1) is 26.0. The summed E-state index contributed by atoms with van der Waals surface area (Å²) < 4.78 is 62.6. The van der Waals surface area contributed by atoms with Gasteiger partial charge in [-0.15, -0.1) is 0 Å². The van der Waals surface area contributed by atoms with Gasteiger partial charge < -0.3 is 10.5 Å². The van der Waals surface area contributed by atoms with Crippen LogP contribution in [0.1, 0.15) is 27.0 Å². The van der Waals surface area contributed by atoms with Crippen molar-refractivity contribution in [3.63, 3.8) is 0 Å². The van der Waals surface area contributed by atoms with E-state index in [4.69, 9.17) is 10.5 Å². The van der Waals surface area contributed by atoms with Crippen molar-refractivity contribution < 1.29 is 26.7 Å². The van der Waals surface area contributed by atoms with Gasteiger partial charge in [0.25, 0.3) is 16.1 Å². The first-order valence-corrected chi connectivity index (χ1v) is 12.5. The minimum absolute atomic E-state index is 0.0130. The van der Waals surface area contributed by atoms with Crippen molar-refractivity contribution in [1.29, 1.82) is 0 Å². The molecular weight excluding hydrogens is 579 g/mol. The molecule has 0 heterocycles. The van der Waals surface area contributed by atoms with Gasteiger partial charge in [0, 0.05) is 36.7 Å². The van der Waals surface area contributed by atoms with Crippen LogP contribution in [0.3, 0.4) is 0 Å². The zero-order chi connectivity index (χ0) is 25.0. The van der Waals surface area contributed by atoms with Gasteiger partial charge in [0.15, 0.2) is 0 Å². The molecule has 0 aliphatic carbocycles. The third-order valence-corrected chi connectivity index (χ3v) is 7.00. The zero-order valence-corrected chi connectivity index (χ0v) is 21.3. The zero-order valence-electron chi connectivity index (χ0n) is 18.3. The number of halogens is 3. The summed E-state index contributed by atoms with van der Waals surface area (Å²) in [4.78, 5) is 12.3. The number of amides is 1. The molecule has 0 radical (unpaired) electrons. The van der Waals surface area contributed by atoms with Crippen molar-refractivity contribution >= 4 is 38.7 Å². The summed E-state index contributed by atoms with van der Waals surface area (Å²) >= 11 is 1.97. The minimum Gasteiger partial charge on any atom is -0.456 e. The Morgan fingerprint density at radius 1 is 1.09 bits per heavy atom. The third kappa shape index (κ3) is 6.50. The second kappa shape index (κ2) is 10.8. The number of carbonyl (C=O) groups excluding carboxylic acids is 1. The summed E-state index contributed by atoms with van der Waals surface area (Å²) in [7, 11) is -0.833. The van der Waals surface area contributed by atoms with Crippen LogP contribution in [0.2, 0.25) is 0 Å². The molecule has 3 aromatic rings. The molecule has 1 amide bonds. The lowest BCUT2D eigenvalue weighted by Crippen LogP contribution is -2.35. The highest BCUT2D eigenvalue weighted by atomic mass is 127. The van der Waals surface area contributed by atoms with Crippen LogP contribution in [0, 0.1) is 15.2 Å². The van der Waals surface area contributed by atoms with Gasteiger partial charge in [0.05, 0.1) is 5.56 Å². The molecule has 0 aliphatic heterocycles. The highest BCUT2D eigenvalue weighted by molar-refractivity contribution is 14.1. The summed E-state index contributed by atoms with van der Waals surface area (Å²) in [5, 5.41) is 0. The number of nitrogens with zero attached hydrogens (tertiary/aromatic N) is 1. The number of nitrogens with one attached hydrogen (secondary N) is 1. The van der Waals surface area contributed by atoms with Crippen LogP contribution in [0.25, 0.3) is 0 Å². The minimum atomic E-state index is -3.63. The molecule has 0 aromatic heterocycles. The largest absolute Gasteiger partial charge is 0.456 e. The molecule has 0 unspecified atom stereocenters. The van der Waals surface area contributed by atoms with Crippen molar-refractivity contribution in [3.8, 4) is 11.5 Å². The Kier molecular flexibility index (Phi) is 8.23. The van der Waals surface area contributed by atoms with Gasteiger partial charge in [-0.2, -0.15) is 17.4 Å². The number of hydrogen-bond acceptors (Lipinski definition) is 4. The smallest absolute Gasteiger partial charge is 0.279 e. The van der Waals surface area contributed by atoms with Crippen molar-refractivity contribution in [2.45, 2.75) is 13.0 Å². The van der Waals surface area contributed by atoms with Gasteiger partial charge in [-0.1, -0.05) is 18.2 Å². The van der Waals surface area contributed by atoms with Gasteiger partial charge in [-0.05, 0) is 69.6 Å². The lowest BCUT2D eigenvalue weighted by atomic mass is 9.98. The van der Waals surface area contributed by atoms with E-state index < -0.39 is 27.8 Å². The van der Waals surface area contributed by atoms with E-state index in [1.54, 1.807) is 36.4 Å². The Bertz CT molecular complexity index is 1330. The fraction of sp³-hybridized carbons (Fsp3) is 0.174. The second-order valence-electron chi connectivity index (χ2n) is 7.57. The Hall–Kier alpha value is -2.61. The highest BCUT2D eigenvalue weighted by Crippen LogP contribution is 2.31. The molecule has 0 saturated heterocycles. The van der Waals surface area contributed by atoms with E-state index in [2.05, 4.69) is 4.72 Å². The summed E-state index contributed by atoms with van der Waals surface area (Å²) in [5.41, 5.74) is 6.52. The van der Waals surface area contributed by atoms with Crippen LogP contribution in [0.5, 0.6) is 11.5 Å². The van der Waals surface area contributed by atoms with Crippen LogP contribution in [-0.2, 0) is 23.2 Å². The van der Waals surface area contributed by atoms with Gasteiger partial charge in [0.1, 0.15) is 23.1 Å². The molecule has 7 nitrogen and oxygen atoms in total. The average Bonchev–Trinajstić information content (AvgIpc) is 2.74. The maximum absolute atomic E-state index is 14.4. The molecule has 0 saturated carbocycles. The van der Waals surface area contributed by atoms with Gasteiger partial charge in [-0.25, -0.2) is 8.78 Å². The molecule has 0 spiro atoms. The maximum atomic E-state index is 14.4. The first-order chi connectivity index (χ1) is 16.0. The SMILES string of the molecule is CN(C)S(=O)(=O)NCc1cccc(Oc2cc(F)cc(Cc3ccc(I)cc3F)c2C(N)=O)c1. The van der Waals surface area contributed by atoms with Crippen LogP contribution in [0.15, 0.2) is 54.6 Å². The topological polar surface area (TPSA) is 102 Å². The molecular formula is C23H22F2IN3O4S. The quantitative estimate of drug-likeness (QED) is 0.363. The fourth-order valence-electron chi connectivity index (χ4n) is 3.16. The van der Waals surface area contributed by atoms with E-state index in [1.165, 1.54) is 20.2 Å². The Morgan fingerprint density at radius 3 is 2.47 bits per heavy atom. The summed E-state index contributed by atoms with van der Waals surface area (Å²) in [6.45, 7) is -0.0130. The molecule has 11 heteroatoms. The van der Waals surface area contributed by atoms with Gasteiger partial charge in [0.2, 0.25) is 0 Å². The third-order valence-electron chi connectivity index (χ3n) is 4.86. The van der Waals surface area contributed by atoms with Crippen molar-refractivity contribution in [2.24, 2.45) is 5.73 Å². The molecule has 180 valence electrons. The van der Waals surface area contributed by atoms with E-state index in [-0.39, 0.29) is 41.2 Å². The Balaban J connectivity index is 1.92. The monoisotopic (exact) mass is 601 g/mol. The lowest BCUT2D eigenvalue weighted by Gasteiger charge is -2.15. The van der Waals surface area contributed by atoms with Crippen molar-refractivity contribution in [3.05, 3.63) is 92.1 Å². The maximum Gasteiger partial charge on any atom is 0.279 e. The number of carbonyl (C=O) groups is 1. The molecule has 3 N–H and O–H groups in total. The molecule has 3 aromatic carbocycles. The van der Waals surface area contributed by atoms with Crippen molar-refractivity contribution in [1.82, 2.24) is 9.03 Å². The van der Waals surface area contributed by atoms with Gasteiger partial charge >= 0.3 is 0 Å². The van der Waals surface area contributed by atoms with E-state index in [0.717, 1.165) is 16.4 Å². The standard InChI is InChI=1S/C23H22F2IN3O4S/c1-29(2)34(31,32)28-13-14-4-3-5-19(8-14)33-21-11-17(24)10-16(22(21)23(27)30)9-15-6-7-18(26)12-20(15)25/h3-8,10-12,28H,9,13H2,1-2H3,(H2,27,30). The fourth-order valence-corrected chi connectivity index (χ4v) is 4.22. The van der Waals surface area contributed by atoms with E-state index in [9.17, 15) is 22.0 Å². The van der Waals surface area contributed by atoms with Gasteiger partial charge in [-0.3, -0.25) is 4.79 Å². The van der Waals surface area contributed by atoms with E-state index >= 15 is 0 Å². The van der Waals surface area contributed by atoms with Crippen LogP contribution >= 0.6 is 22.6 Å². The first-order valence-electron chi connectivity index (χ1n) is 9.96. The van der Waals surface area contributed by atoms with E-state index in [1.807, 2.05) is 22.6 Å². The molecule has 0 atom stereocenters. The number of benzene rings is 3. The van der Waals surface area contributed by atoms with E-state index in [0.29, 0.717) is 9.13 Å². The van der Waals surface area contributed by atoms with Crippen molar-refractivity contribution in [2.75, 3.05) is 14.1 Å². The number of nitrogens with two attached hydrogens (primary N) is 1. The summed E-state index contributed by atoms with van der Waals surface area (Å²) in [6.07, 6.45) is -0.0680. The normalized spacial score (nSPS) is 11.6. The molecule has 34 heavy (non-hydrogen) atoms. The Morgan fingerprint density at radius 2 is 1.82 bits per heavy atom. The molecule has 3 rings (SSSR count). The average molecular weight is 601 g/mol. The van der Waals surface area contributed by atoms with Crippen LogP contribution in [-0.4, -0.2) is 32.7 Å². The highest BCUT2D eigenvalue weighted by Gasteiger charge is 2.20. The molecule has 0 bridgehead atoms. The predicted octanol–water partition coefficient (Wildman–Crippen LogP) is 3.95. The number of rotatable bonds is 9. The molecule has 0 fully saturated rings. The molecule has 0 aliphatic rings.